The summed E-state index contributed by atoms with van der Waals surface area (Å²) in [6, 6.07) is 0. The number of carbonyl (C=O) groups excluding carboxylic acids is 2. The van der Waals surface area contributed by atoms with E-state index >= 15 is 0 Å². The van der Waals surface area contributed by atoms with Gasteiger partial charge >= 0.3 is 5.97 Å². The minimum atomic E-state index is -0.763. The van der Waals surface area contributed by atoms with Crippen molar-refractivity contribution in [3.8, 4) is 0 Å². The Balaban J connectivity index is 1.32. The van der Waals surface area contributed by atoms with Crippen LogP contribution in [-0.2, 0) is 14.3 Å². The molecule has 0 bridgehead atoms. The topological polar surface area (TPSA) is 63.6 Å². The van der Waals surface area contributed by atoms with E-state index in [1.54, 1.807) is 0 Å². The molecule has 7 rings (SSSR count). The number of ketones is 1. The van der Waals surface area contributed by atoms with E-state index < -0.39 is 5.60 Å². The van der Waals surface area contributed by atoms with Gasteiger partial charge in [0.25, 0.3) is 0 Å². The highest BCUT2D eigenvalue weighted by Gasteiger charge is 2.83. The Labute approximate surface area is 166 Å². The number of hydrogen-bond donors (Lipinski definition) is 1. The molecule has 4 nitrogen and oxygen atoms in total. The summed E-state index contributed by atoms with van der Waals surface area (Å²) in [7, 11) is 0. The lowest BCUT2D eigenvalue weighted by molar-refractivity contribution is -0.223. The van der Waals surface area contributed by atoms with Crippen LogP contribution in [0.1, 0.15) is 71.6 Å². The molecule has 1 spiro atoms. The zero-order valence-electron chi connectivity index (χ0n) is 17.1. The summed E-state index contributed by atoms with van der Waals surface area (Å²) in [5.41, 5.74) is -0.943. The molecule has 6 aliphatic carbocycles. The largest absolute Gasteiger partial charge is 0.458 e. The second kappa shape index (κ2) is 4.55. The summed E-state index contributed by atoms with van der Waals surface area (Å²) in [5.74, 6) is 4.36. The van der Waals surface area contributed by atoms with Crippen molar-refractivity contribution in [2.24, 2.45) is 52.3 Å². The first-order chi connectivity index (χ1) is 13.3. The van der Waals surface area contributed by atoms with E-state index in [2.05, 4.69) is 13.8 Å². The molecule has 7 fully saturated rings. The fourth-order valence-electron chi connectivity index (χ4n) is 10.3. The molecule has 4 heteroatoms. The van der Waals surface area contributed by atoms with Crippen molar-refractivity contribution in [2.45, 2.75) is 82.8 Å². The molecule has 7 aliphatic rings. The van der Waals surface area contributed by atoms with E-state index in [1.807, 2.05) is 0 Å². The first-order valence-electron chi connectivity index (χ1n) is 11.7. The van der Waals surface area contributed by atoms with Crippen LogP contribution in [0.3, 0.4) is 0 Å². The van der Waals surface area contributed by atoms with Gasteiger partial charge in [0.05, 0.1) is 5.60 Å². The van der Waals surface area contributed by atoms with Gasteiger partial charge in [-0.1, -0.05) is 13.8 Å². The average molecular weight is 385 g/mol. The number of rotatable bonds is 0. The number of ether oxygens (including phenoxy) is 1. The fourth-order valence-corrected chi connectivity index (χ4v) is 10.3. The standard InChI is InChI=1S/C24H32O4/c1-21-6-3-12(25)11-23(21,27)16-9-13(16)19-15(21)4-7-22(2)20(19)14-10-17(14)24(22)8-5-18(26)28-24/h13-17,19-20,27H,3-11H2,1-2H3/t13?,14?,15?,16-,17+,19?,20?,21-,22+,23-,24+/m1/s1. The van der Waals surface area contributed by atoms with Crippen molar-refractivity contribution in [3.63, 3.8) is 0 Å². The minimum absolute atomic E-state index is 0.0229. The third kappa shape index (κ3) is 1.55. The predicted octanol–water partition coefficient (Wildman–Crippen LogP) is 3.50. The van der Waals surface area contributed by atoms with E-state index in [1.165, 1.54) is 6.42 Å². The van der Waals surface area contributed by atoms with E-state index in [9.17, 15) is 14.7 Å². The zero-order chi connectivity index (χ0) is 19.3. The van der Waals surface area contributed by atoms with E-state index in [4.69, 9.17) is 4.74 Å². The van der Waals surface area contributed by atoms with Crippen LogP contribution < -0.4 is 0 Å². The van der Waals surface area contributed by atoms with Crippen molar-refractivity contribution in [1.82, 2.24) is 0 Å². The Morgan fingerprint density at radius 2 is 1.71 bits per heavy atom. The van der Waals surface area contributed by atoms with Crippen LogP contribution in [-0.4, -0.2) is 28.1 Å². The van der Waals surface area contributed by atoms with Gasteiger partial charge < -0.3 is 9.84 Å². The fraction of sp³-hybridized carbons (Fsp3) is 0.917. The molecule has 0 amide bonds. The van der Waals surface area contributed by atoms with Crippen LogP contribution in [0, 0.1) is 52.3 Å². The highest BCUT2D eigenvalue weighted by Crippen LogP contribution is 2.83. The van der Waals surface area contributed by atoms with Gasteiger partial charge in [0.1, 0.15) is 11.4 Å². The lowest BCUT2D eigenvalue weighted by Crippen LogP contribution is -2.65. The number of esters is 1. The zero-order valence-corrected chi connectivity index (χ0v) is 17.1. The first-order valence-corrected chi connectivity index (χ1v) is 11.7. The SMILES string of the molecule is C[C@]12CCC3C(C4C[C@H]4[C@]4(O)CC(=O)CC[C@]34C)C1C1C[C@@H]1[C@@]21CCC(=O)O1. The van der Waals surface area contributed by atoms with Gasteiger partial charge in [-0.2, -0.15) is 0 Å². The lowest BCUT2D eigenvalue weighted by atomic mass is 9.42. The molecular weight excluding hydrogens is 352 g/mol. The molecule has 0 aromatic rings. The molecule has 152 valence electrons. The van der Waals surface area contributed by atoms with Gasteiger partial charge in [-0.3, -0.25) is 9.59 Å². The minimum Gasteiger partial charge on any atom is -0.458 e. The summed E-state index contributed by atoms with van der Waals surface area (Å²) in [6.45, 7) is 4.77. The van der Waals surface area contributed by atoms with E-state index in [0.29, 0.717) is 54.8 Å². The maximum Gasteiger partial charge on any atom is 0.306 e. The lowest BCUT2D eigenvalue weighted by Gasteiger charge is -2.64. The van der Waals surface area contributed by atoms with Crippen LogP contribution in [0.4, 0.5) is 0 Å². The Kier molecular flexibility index (Phi) is 2.74. The number of Topliss-reactive ketones (excluding diaryl/α,β-unsaturated/α-hetero) is 1. The predicted molar refractivity (Wildman–Crippen MR) is 101 cm³/mol. The molecule has 0 radical (unpaired) electrons. The molecule has 11 atom stereocenters. The summed E-state index contributed by atoms with van der Waals surface area (Å²) in [6.07, 6.45) is 8.04. The quantitative estimate of drug-likeness (QED) is 0.649. The van der Waals surface area contributed by atoms with Crippen LogP contribution in [0.2, 0.25) is 0 Å². The van der Waals surface area contributed by atoms with Gasteiger partial charge in [-0.15, -0.1) is 0 Å². The summed E-state index contributed by atoms with van der Waals surface area (Å²) in [4.78, 5) is 24.4. The number of aliphatic hydroxyl groups is 1. The molecule has 6 saturated carbocycles. The number of hydrogen-bond acceptors (Lipinski definition) is 4. The van der Waals surface area contributed by atoms with E-state index in [0.717, 1.165) is 38.0 Å². The number of carbonyl (C=O) groups is 2. The molecular formula is C24H32O4. The van der Waals surface area contributed by atoms with Crippen LogP contribution in [0.25, 0.3) is 0 Å². The normalized spacial score (nSPS) is 65.8. The maximum absolute atomic E-state index is 12.3. The van der Waals surface area contributed by atoms with Gasteiger partial charge in [-0.25, -0.2) is 0 Å². The molecule has 28 heavy (non-hydrogen) atoms. The third-order valence-corrected chi connectivity index (χ3v) is 11.6. The average Bonchev–Trinajstić information content (AvgIpc) is 3.54. The van der Waals surface area contributed by atoms with Gasteiger partial charge in [0.15, 0.2) is 0 Å². The second-order valence-electron chi connectivity index (χ2n) is 12.1. The molecule has 5 unspecified atom stereocenters. The molecule has 0 aromatic heterocycles. The van der Waals surface area contributed by atoms with Gasteiger partial charge in [0.2, 0.25) is 0 Å². The Hall–Kier alpha value is -0.900. The van der Waals surface area contributed by atoms with Crippen LogP contribution in [0.15, 0.2) is 0 Å². The summed E-state index contributed by atoms with van der Waals surface area (Å²) >= 11 is 0. The molecule has 1 saturated heterocycles. The molecule has 1 aliphatic heterocycles. The van der Waals surface area contributed by atoms with Crippen molar-refractivity contribution < 1.29 is 19.4 Å². The van der Waals surface area contributed by atoms with Crippen molar-refractivity contribution in [2.75, 3.05) is 0 Å². The van der Waals surface area contributed by atoms with Crippen molar-refractivity contribution >= 4 is 11.8 Å². The maximum atomic E-state index is 12.3. The monoisotopic (exact) mass is 384 g/mol. The molecule has 1 heterocycles. The highest BCUT2D eigenvalue weighted by atomic mass is 16.6. The second-order valence-corrected chi connectivity index (χ2v) is 12.1. The smallest absolute Gasteiger partial charge is 0.306 e. The summed E-state index contributed by atoms with van der Waals surface area (Å²) in [5, 5.41) is 11.8. The van der Waals surface area contributed by atoms with Gasteiger partial charge in [0, 0.05) is 36.0 Å². The first kappa shape index (κ1) is 16.8. The molecule has 0 aromatic carbocycles. The Morgan fingerprint density at radius 3 is 2.46 bits per heavy atom. The van der Waals surface area contributed by atoms with Crippen LogP contribution in [0.5, 0.6) is 0 Å². The Bertz CT molecular complexity index is 821. The van der Waals surface area contributed by atoms with Crippen molar-refractivity contribution in [1.29, 1.82) is 0 Å². The Morgan fingerprint density at radius 1 is 0.929 bits per heavy atom. The number of fused-ring (bicyclic) bond motifs is 12. The molecule has 1 N–H and O–H groups in total. The van der Waals surface area contributed by atoms with Crippen LogP contribution >= 0.6 is 0 Å². The highest BCUT2D eigenvalue weighted by molar-refractivity contribution is 5.81. The van der Waals surface area contributed by atoms with Gasteiger partial charge in [-0.05, 0) is 74.0 Å². The van der Waals surface area contributed by atoms with Crippen molar-refractivity contribution in [3.05, 3.63) is 0 Å². The van der Waals surface area contributed by atoms with E-state index in [-0.39, 0.29) is 28.2 Å². The summed E-state index contributed by atoms with van der Waals surface area (Å²) < 4.78 is 6.20. The third-order valence-electron chi connectivity index (χ3n) is 11.6.